The average Bonchev–Trinajstić information content (AvgIpc) is 2.93. The zero-order valence-electron chi connectivity index (χ0n) is 11.6. The van der Waals surface area contributed by atoms with E-state index >= 15 is 0 Å². The first-order chi connectivity index (χ1) is 9.60. The molecule has 0 atom stereocenters. The summed E-state index contributed by atoms with van der Waals surface area (Å²) < 4.78 is 3.16. The SMILES string of the molecule is Cc1nc2nc(-n3c(C)ccc3C)sc2cc1CC#N. The van der Waals surface area contributed by atoms with Crippen LogP contribution in [0.3, 0.4) is 0 Å². The van der Waals surface area contributed by atoms with Gasteiger partial charge in [0.25, 0.3) is 0 Å². The molecule has 0 saturated heterocycles. The summed E-state index contributed by atoms with van der Waals surface area (Å²) in [6, 6.07) is 8.39. The quantitative estimate of drug-likeness (QED) is 0.723. The largest absolute Gasteiger partial charge is 0.295 e. The van der Waals surface area contributed by atoms with Crippen LogP contribution in [0.25, 0.3) is 15.5 Å². The van der Waals surface area contributed by atoms with E-state index in [9.17, 15) is 0 Å². The van der Waals surface area contributed by atoms with Crippen molar-refractivity contribution in [2.45, 2.75) is 27.2 Å². The van der Waals surface area contributed by atoms with Gasteiger partial charge < -0.3 is 0 Å². The van der Waals surface area contributed by atoms with Gasteiger partial charge in [0.2, 0.25) is 0 Å². The average molecular weight is 282 g/mol. The fraction of sp³-hybridized carbons (Fsp3) is 0.267. The van der Waals surface area contributed by atoms with E-state index in [0.29, 0.717) is 6.42 Å². The molecule has 0 aliphatic heterocycles. The Labute approximate surface area is 121 Å². The number of fused-ring (bicyclic) bond motifs is 1. The Morgan fingerprint density at radius 1 is 1.20 bits per heavy atom. The van der Waals surface area contributed by atoms with Crippen molar-refractivity contribution in [3.05, 3.63) is 40.8 Å². The molecule has 4 nitrogen and oxygen atoms in total. The molecule has 5 heteroatoms. The smallest absolute Gasteiger partial charge is 0.196 e. The molecule has 0 spiro atoms. The van der Waals surface area contributed by atoms with E-state index in [2.05, 4.69) is 46.6 Å². The number of nitriles is 1. The van der Waals surface area contributed by atoms with Crippen molar-refractivity contribution < 1.29 is 0 Å². The van der Waals surface area contributed by atoms with Crippen LogP contribution >= 0.6 is 11.3 Å². The number of nitrogens with zero attached hydrogens (tertiary/aromatic N) is 4. The van der Waals surface area contributed by atoms with Crippen LogP contribution in [0, 0.1) is 32.1 Å². The zero-order chi connectivity index (χ0) is 14.3. The number of hydrogen-bond donors (Lipinski definition) is 0. The summed E-state index contributed by atoms with van der Waals surface area (Å²) in [6.07, 6.45) is 0.392. The second kappa shape index (κ2) is 4.73. The topological polar surface area (TPSA) is 54.5 Å². The van der Waals surface area contributed by atoms with Crippen LogP contribution in [0.5, 0.6) is 0 Å². The number of thiazole rings is 1. The number of hydrogen-bond acceptors (Lipinski definition) is 4. The Morgan fingerprint density at radius 2 is 1.90 bits per heavy atom. The Balaban J connectivity index is 2.19. The number of pyridine rings is 1. The Kier molecular flexibility index (Phi) is 3.03. The van der Waals surface area contributed by atoms with Crippen molar-refractivity contribution >= 4 is 21.7 Å². The van der Waals surface area contributed by atoms with Gasteiger partial charge in [0.1, 0.15) is 0 Å². The number of rotatable bonds is 2. The third kappa shape index (κ3) is 1.98. The summed E-state index contributed by atoms with van der Waals surface area (Å²) in [5.74, 6) is 0. The normalized spacial score (nSPS) is 10.9. The monoisotopic (exact) mass is 282 g/mol. The van der Waals surface area contributed by atoms with Crippen LogP contribution in [0.15, 0.2) is 18.2 Å². The predicted octanol–water partition coefficient (Wildman–Crippen LogP) is 3.47. The predicted molar refractivity (Wildman–Crippen MR) is 80.3 cm³/mol. The minimum absolute atomic E-state index is 0.392. The molecule has 0 radical (unpaired) electrons. The van der Waals surface area contributed by atoms with Gasteiger partial charge in [0.05, 0.1) is 17.2 Å². The number of aromatic nitrogens is 3. The summed E-state index contributed by atoms with van der Waals surface area (Å²) in [5.41, 5.74) is 4.95. The Hall–Kier alpha value is -2.19. The van der Waals surface area contributed by atoms with Crippen molar-refractivity contribution in [2.75, 3.05) is 0 Å². The van der Waals surface area contributed by atoms with Crippen molar-refractivity contribution in [2.24, 2.45) is 0 Å². The molecular weight excluding hydrogens is 268 g/mol. The maximum Gasteiger partial charge on any atom is 0.196 e. The van der Waals surface area contributed by atoms with Crippen molar-refractivity contribution in [1.82, 2.24) is 14.5 Å². The Bertz CT molecular complexity index is 816. The van der Waals surface area contributed by atoms with Gasteiger partial charge >= 0.3 is 0 Å². The lowest BCUT2D eigenvalue weighted by Crippen LogP contribution is -1.97. The lowest BCUT2D eigenvalue weighted by molar-refractivity contribution is 0.952. The van der Waals surface area contributed by atoms with Gasteiger partial charge in [-0.1, -0.05) is 11.3 Å². The molecule has 0 aliphatic rings. The highest BCUT2D eigenvalue weighted by molar-refractivity contribution is 7.20. The molecule has 3 aromatic rings. The van der Waals surface area contributed by atoms with Gasteiger partial charge in [-0.3, -0.25) is 4.57 Å². The van der Waals surface area contributed by atoms with Crippen LogP contribution < -0.4 is 0 Å². The maximum absolute atomic E-state index is 8.85. The highest BCUT2D eigenvalue weighted by atomic mass is 32.1. The summed E-state index contributed by atoms with van der Waals surface area (Å²) in [6.45, 7) is 6.06. The molecular formula is C15H14N4S. The van der Waals surface area contributed by atoms with Gasteiger partial charge in [-0.15, -0.1) is 0 Å². The zero-order valence-corrected chi connectivity index (χ0v) is 12.5. The van der Waals surface area contributed by atoms with E-state index in [-0.39, 0.29) is 0 Å². The second-order valence-electron chi connectivity index (χ2n) is 4.84. The molecule has 100 valence electrons. The third-order valence-corrected chi connectivity index (χ3v) is 4.38. The van der Waals surface area contributed by atoms with Crippen molar-refractivity contribution in [3.63, 3.8) is 0 Å². The van der Waals surface area contributed by atoms with Crippen LogP contribution in [-0.4, -0.2) is 14.5 Å². The first-order valence-electron chi connectivity index (χ1n) is 6.39. The van der Waals surface area contributed by atoms with E-state index in [1.807, 2.05) is 13.0 Å². The highest BCUT2D eigenvalue weighted by Gasteiger charge is 2.12. The molecule has 3 heterocycles. The van der Waals surface area contributed by atoms with E-state index < -0.39 is 0 Å². The summed E-state index contributed by atoms with van der Waals surface area (Å²) in [4.78, 5) is 9.15. The van der Waals surface area contributed by atoms with Crippen LogP contribution in [0.2, 0.25) is 0 Å². The first kappa shape index (κ1) is 12.8. The van der Waals surface area contributed by atoms with Crippen LogP contribution in [-0.2, 0) is 6.42 Å². The summed E-state index contributed by atoms with van der Waals surface area (Å²) in [5, 5.41) is 9.78. The van der Waals surface area contributed by atoms with Crippen LogP contribution in [0.4, 0.5) is 0 Å². The molecule has 0 amide bonds. The molecule has 20 heavy (non-hydrogen) atoms. The summed E-state index contributed by atoms with van der Waals surface area (Å²) in [7, 11) is 0. The minimum Gasteiger partial charge on any atom is -0.295 e. The molecule has 0 bridgehead atoms. The van der Waals surface area contributed by atoms with E-state index in [1.54, 1.807) is 11.3 Å². The molecule has 0 unspecified atom stereocenters. The standard InChI is InChI=1S/C15H14N4S/c1-9-4-5-10(2)19(9)15-18-14-13(20-15)8-12(6-7-16)11(3)17-14/h4-5,8H,6H2,1-3H3. The molecule has 0 N–H and O–H groups in total. The second-order valence-corrected chi connectivity index (χ2v) is 5.85. The van der Waals surface area contributed by atoms with Crippen LogP contribution in [0.1, 0.15) is 22.6 Å². The maximum atomic E-state index is 8.85. The van der Waals surface area contributed by atoms with E-state index in [4.69, 9.17) is 5.26 Å². The molecule has 0 aromatic carbocycles. The van der Waals surface area contributed by atoms with E-state index in [1.165, 1.54) is 0 Å². The summed E-state index contributed by atoms with van der Waals surface area (Å²) >= 11 is 1.61. The lowest BCUT2D eigenvalue weighted by Gasteiger charge is -2.03. The number of aryl methyl sites for hydroxylation is 3. The molecule has 0 aliphatic carbocycles. The molecule has 0 saturated carbocycles. The van der Waals surface area contributed by atoms with Gasteiger partial charge in [0, 0.05) is 17.1 Å². The first-order valence-corrected chi connectivity index (χ1v) is 7.21. The van der Waals surface area contributed by atoms with Gasteiger partial charge in [-0.2, -0.15) is 10.2 Å². The fourth-order valence-corrected chi connectivity index (χ4v) is 3.40. The van der Waals surface area contributed by atoms with Crippen molar-refractivity contribution in [3.8, 4) is 11.2 Å². The molecule has 3 rings (SSSR count). The molecule has 0 fully saturated rings. The van der Waals surface area contributed by atoms with Gasteiger partial charge in [0.15, 0.2) is 10.8 Å². The van der Waals surface area contributed by atoms with Gasteiger partial charge in [-0.25, -0.2) is 4.98 Å². The molecule has 3 aromatic heterocycles. The minimum atomic E-state index is 0.392. The Morgan fingerprint density at radius 3 is 2.55 bits per heavy atom. The fourth-order valence-electron chi connectivity index (χ4n) is 2.31. The third-order valence-electron chi connectivity index (χ3n) is 3.40. The van der Waals surface area contributed by atoms with Crippen molar-refractivity contribution in [1.29, 1.82) is 5.26 Å². The van der Waals surface area contributed by atoms with Gasteiger partial charge in [-0.05, 0) is 44.5 Å². The van der Waals surface area contributed by atoms with E-state index in [0.717, 1.165) is 38.1 Å². The lowest BCUT2D eigenvalue weighted by atomic mass is 10.1. The highest BCUT2D eigenvalue weighted by Crippen LogP contribution is 2.28.